The number of benzene rings is 2. The Morgan fingerprint density at radius 3 is 2.76 bits per heavy atom. The summed E-state index contributed by atoms with van der Waals surface area (Å²) in [4.78, 5) is 0. The van der Waals surface area contributed by atoms with E-state index in [0.29, 0.717) is 5.71 Å². The first-order valence-electron chi connectivity index (χ1n) is 5.97. The molecule has 3 rings (SSSR count). The van der Waals surface area contributed by atoms with Crippen molar-refractivity contribution in [3.05, 3.63) is 46.0 Å². The Labute approximate surface area is 106 Å². The van der Waals surface area contributed by atoms with Gasteiger partial charge in [0.2, 0.25) is 0 Å². The Kier molecular flexibility index (Phi) is 2.44. The van der Waals surface area contributed by atoms with Crippen LogP contribution in [0, 0.1) is 5.41 Å². The summed E-state index contributed by atoms with van der Waals surface area (Å²) in [5, 5.41) is 11.1. The highest BCUT2D eigenvalue weighted by atomic mass is 35.5. The van der Waals surface area contributed by atoms with E-state index >= 15 is 0 Å². The van der Waals surface area contributed by atoms with Crippen LogP contribution in [-0.4, -0.2) is 5.71 Å². The quantitative estimate of drug-likeness (QED) is 0.720. The predicted molar refractivity (Wildman–Crippen MR) is 73.5 cm³/mol. The Balaban J connectivity index is 2.50. The Morgan fingerprint density at radius 2 is 2.00 bits per heavy atom. The Hall–Kier alpha value is -1.34. The lowest BCUT2D eigenvalue weighted by atomic mass is 9.86. The normalized spacial score (nSPS) is 14.0. The summed E-state index contributed by atoms with van der Waals surface area (Å²) in [6.45, 7) is 1.80. The Morgan fingerprint density at radius 1 is 1.24 bits per heavy atom. The molecule has 86 valence electrons. The summed E-state index contributed by atoms with van der Waals surface area (Å²) in [6, 6.07) is 8.42. The number of hydrogen-bond donors (Lipinski definition) is 1. The topological polar surface area (TPSA) is 23.9 Å². The van der Waals surface area contributed by atoms with Crippen LogP contribution in [-0.2, 0) is 12.8 Å². The molecule has 0 fully saturated rings. The minimum absolute atomic E-state index is 0.546. The molecule has 17 heavy (non-hydrogen) atoms. The molecule has 0 bridgehead atoms. The molecule has 0 unspecified atom stereocenters. The summed E-state index contributed by atoms with van der Waals surface area (Å²) in [5.74, 6) is 0. The Bertz CT molecular complexity index is 628. The molecule has 0 amide bonds. The van der Waals surface area contributed by atoms with Crippen molar-refractivity contribution in [2.45, 2.75) is 26.2 Å². The van der Waals surface area contributed by atoms with Crippen molar-refractivity contribution in [3.63, 3.8) is 0 Å². The molecule has 2 aromatic rings. The molecule has 1 N–H and O–H groups in total. The number of hydrogen-bond acceptors (Lipinski definition) is 1. The van der Waals surface area contributed by atoms with E-state index < -0.39 is 0 Å². The van der Waals surface area contributed by atoms with Crippen molar-refractivity contribution in [1.82, 2.24) is 0 Å². The van der Waals surface area contributed by atoms with Crippen LogP contribution in [0.15, 0.2) is 24.3 Å². The van der Waals surface area contributed by atoms with Crippen LogP contribution in [0.25, 0.3) is 10.8 Å². The maximum absolute atomic E-state index is 7.89. The maximum Gasteiger partial charge on any atom is 0.0505 e. The van der Waals surface area contributed by atoms with E-state index in [2.05, 4.69) is 24.3 Å². The van der Waals surface area contributed by atoms with Gasteiger partial charge in [0.1, 0.15) is 0 Å². The largest absolute Gasteiger partial charge is 0.305 e. The van der Waals surface area contributed by atoms with Gasteiger partial charge in [0.05, 0.1) is 5.02 Å². The smallest absolute Gasteiger partial charge is 0.0505 e. The fraction of sp³-hybridized carbons (Fsp3) is 0.267. The average Bonchev–Trinajstić information content (AvgIpc) is 2.28. The fourth-order valence-corrected chi connectivity index (χ4v) is 3.24. The van der Waals surface area contributed by atoms with Gasteiger partial charge in [-0.15, -0.1) is 0 Å². The van der Waals surface area contributed by atoms with Crippen molar-refractivity contribution in [1.29, 1.82) is 5.41 Å². The van der Waals surface area contributed by atoms with E-state index in [-0.39, 0.29) is 0 Å². The van der Waals surface area contributed by atoms with Crippen LogP contribution in [0.4, 0.5) is 0 Å². The zero-order chi connectivity index (χ0) is 12.0. The minimum Gasteiger partial charge on any atom is -0.305 e. The van der Waals surface area contributed by atoms with Crippen molar-refractivity contribution in [3.8, 4) is 0 Å². The van der Waals surface area contributed by atoms with Gasteiger partial charge in [0, 0.05) is 11.3 Å². The van der Waals surface area contributed by atoms with Crippen LogP contribution in [0.3, 0.4) is 0 Å². The third-order valence-corrected chi connectivity index (χ3v) is 3.85. The lowest BCUT2D eigenvalue weighted by molar-refractivity contribution is 0.808. The second kappa shape index (κ2) is 3.85. The van der Waals surface area contributed by atoms with Crippen LogP contribution in [0.1, 0.15) is 30.0 Å². The van der Waals surface area contributed by atoms with Gasteiger partial charge in [-0.1, -0.05) is 29.8 Å². The van der Waals surface area contributed by atoms with E-state index in [9.17, 15) is 0 Å². The molecule has 0 saturated heterocycles. The molecule has 0 aliphatic heterocycles. The van der Waals surface area contributed by atoms with E-state index in [1.165, 1.54) is 22.9 Å². The summed E-state index contributed by atoms with van der Waals surface area (Å²) in [5.41, 5.74) is 4.19. The summed E-state index contributed by atoms with van der Waals surface area (Å²) in [7, 11) is 0. The zero-order valence-electron chi connectivity index (χ0n) is 9.81. The molecule has 1 nitrogen and oxygen atoms in total. The fourth-order valence-electron chi connectivity index (χ4n) is 2.87. The van der Waals surface area contributed by atoms with E-state index in [1.807, 2.05) is 0 Å². The van der Waals surface area contributed by atoms with Crippen LogP contribution < -0.4 is 0 Å². The summed E-state index contributed by atoms with van der Waals surface area (Å²) < 4.78 is 0. The first kappa shape index (κ1) is 10.8. The lowest BCUT2D eigenvalue weighted by Crippen LogP contribution is -2.05. The molecule has 1 aliphatic rings. The first-order chi connectivity index (χ1) is 8.18. The van der Waals surface area contributed by atoms with Gasteiger partial charge in [-0.2, -0.15) is 0 Å². The van der Waals surface area contributed by atoms with Gasteiger partial charge in [-0.25, -0.2) is 0 Å². The molecule has 0 saturated carbocycles. The van der Waals surface area contributed by atoms with Gasteiger partial charge < -0.3 is 5.41 Å². The molecular weight excluding hydrogens is 230 g/mol. The standard InChI is InChI=1S/C15H14ClN/c1-9(17)14-12-7-3-5-10-4-2-6-11(15(10)12)8-13(14)16/h3,5,7-8,17H,2,4,6H2,1H3. The molecule has 0 aromatic heterocycles. The predicted octanol–water partition coefficient (Wildman–Crippen LogP) is 4.37. The van der Waals surface area contributed by atoms with Crippen molar-refractivity contribution in [2.24, 2.45) is 0 Å². The minimum atomic E-state index is 0.546. The summed E-state index contributed by atoms with van der Waals surface area (Å²) >= 11 is 6.32. The molecule has 2 heteroatoms. The second-order valence-electron chi connectivity index (χ2n) is 4.71. The van der Waals surface area contributed by atoms with Gasteiger partial charge in [0.25, 0.3) is 0 Å². The molecular formula is C15H14ClN. The number of halogens is 1. The molecule has 2 aromatic carbocycles. The molecule has 0 radical (unpaired) electrons. The third-order valence-electron chi connectivity index (χ3n) is 3.55. The van der Waals surface area contributed by atoms with Gasteiger partial charge in [-0.05, 0) is 54.2 Å². The molecule has 0 heterocycles. The lowest BCUT2D eigenvalue weighted by Gasteiger charge is -2.20. The highest BCUT2D eigenvalue weighted by Crippen LogP contribution is 2.35. The van der Waals surface area contributed by atoms with Crippen molar-refractivity contribution in [2.75, 3.05) is 0 Å². The third kappa shape index (κ3) is 1.57. The zero-order valence-corrected chi connectivity index (χ0v) is 10.6. The molecule has 0 spiro atoms. The number of nitrogens with one attached hydrogen (secondary N) is 1. The highest BCUT2D eigenvalue weighted by Gasteiger charge is 2.17. The monoisotopic (exact) mass is 243 g/mol. The van der Waals surface area contributed by atoms with Gasteiger partial charge >= 0.3 is 0 Å². The van der Waals surface area contributed by atoms with E-state index in [0.717, 1.165) is 28.8 Å². The highest BCUT2D eigenvalue weighted by molar-refractivity contribution is 6.36. The summed E-state index contributed by atoms with van der Waals surface area (Å²) in [6.07, 6.45) is 3.44. The van der Waals surface area contributed by atoms with Crippen LogP contribution in [0.5, 0.6) is 0 Å². The number of rotatable bonds is 1. The second-order valence-corrected chi connectivity index (χ2v) is 5.12. The van der Waals surface area contributed by atoms with Crippen LogP contribution in [0.2, 0.25) is 5.02 Å². The van der Waals surface area contributed by atoms with Crippen molar-refractivity contribution < 1.29 is 0 Å². The van der Waals surface area contributed by atoms with E-state index in [4.69, 9.17) is 17.0 Å². The van der Waals surface area contributed by atoms with Gasteiger partial charge in [-0.3, -0.25) is 0 Å². The molecule has 1 aliphatic carbocycles. The van der Waals surface area contributed by atoms with Crippen molar-refractivity contribution >= 4 is 28.1 Å². The first-order valence-corrected chi connectivity index (χ1v) is 6.35. The van der Waals surface area contributed by atoms with Gasteiger partial charge in [0.15, 0.2) is 0 Å². The maximum atomic E-state index is 7.89. The molecule has 0 atom stereocenters. The van der Waals surface area contributed by atoms with E-state index in [1.54, 1.807) is 6.92 Å². The van der Waals surface area contributed by atoms with Crippen LogP contribution >= 0.6 is 11.6 Å². The number of aryl methyl sites for hydroxylation is 2. The average molecular weight is 244 g/mol. The SMILES string of the molecule is CC(=N)c1c(Cl)cc2c3c(cccc13)CCC2.